The second kappa shape index (κ2) is 5.10. The molecule has 1 aliphatic heterocycles. The fraction of sp³-hybridized carbons (Fsp3) is 0.667. The van der Waals surface area contributed by atoms with Gasteiger partial charge in [-0.2, -0.15) is 0 Å². The van der Waals surface area contributed by atoms with E-state index >= 15 is 0 Å². The fourth-order valence-corrected chi connectivity index (χ4v) is 3.01. The summed E-state index contributed by atoms with van der Waals surface area (Å²) in [5.41, 5.74) is 0. The van der Waals surface area contributed by atoms with E-state index in [1.165, 1.54) is 30.8 Å². The van der Waals surface area contributed by atoms with Crippen LogP contribution in [-0.2, 0) is 0 Å². The van der Waals surface area contributed by atoms with Crippen molar-refractivity contribution in [1.82, 2.24) is 10.2 Å². The maximum absolute atomic E-state index is 3.55. The Morgan fingerprint density at radius 2 is 2.53 bits per heavy atom. The third-order valence-corrected chi connectivity index (χ3v) is 4.33. The highest BCUT2D eigenvalue weighted by atomic mass is 32.1. The molecule has 2 rings (SSSR count). The van der Waals surface area contributed by atoms with Crippen LogP contribution in [0.2, 0.25) is 0 Å². The Morgan fingerprint density at radius 1 is 1.67 bits per heavy atom. The number of rotatable bonds is 4. The molecule has 1 N–H and O–H groups in total. The Morgan fingerprint density at radius 3 is 3.13 bits per heavy atom. The van der Waals surface area contributed by atoms with E-state index in [2.05, 4.69) is 41.7 Å². The molecule has 0 aromatic carbocycles. The van der Waals surface area contributed by atoms with Crippen LogP contribution >= 0.6 is 11.3 Å². The van der Waals surface area contributed by atoms with Gasteiger partial charge in [-0.25, -0.2) is 0 Å². The maximum atomic E-state index is 3.55. The van der Waals surface area contributed by atoms with Crippen molar-refractivity contribution in [2.75, 3.05) is 20.1 Å². The Balaban J connectivity index is 1.87. The highest BCUT2D eigenvalue weighted by Gasteiger charge is 2.19. The van der Waals surface area contributed by atoms with Crippen molar-refractivity contribution in [1.29, 1.82) is 0 Å². The van der Waals surface area contributed by atoms with Crippen molar-refractivity contribution in [2.45, 2.75) is 31.8 Å². The monoisotopic (exact) mass is 224 g/mol. The molecule has 0 aliphatic carbocycles. The van der Waals surface area contributed by atoms with Gasteiger partial charge in [-0.05, 0) is 44.8 Å². The third kappa shape index (κ3) is 2.80. The van der Waals surface area contributed by atoms with Crippen LogP contribution in [0.3, 0.4) is 0 Å². The summed E-state index contributed by atoms with van der Waals surface area (Å²) < 4.78 is 0. The fourth-order valence-electron chi connectivity index (χ4n) is 2.16. The quantitative estimate of drug-likeness (QED) is 0.845. The molecule has 0 saturated carbocycles. The van der Waals surface area contributed by atoms with E-state index in [-0.39, 0.29) is 0 Å². The van der Waals surface area contributed by atoms with E-state index in [1.54, 1.807) is 0 Å². The highest BCUT2D eigenvalue weighted by molar-refractivity contribution is 7.10. The second-order valence-corrected chi connectivity index (χ2v) is 5.40. The summed E-state index contributed by atoms with van der Waals surface area (Å²) in [6.45, 7) is 4.66. The smallest absolute Gasteiger partial charge is 0.0410 e. The van der Waals surface area contributed by atoms with Crippen LogP contribution in [0.4, 0.5) is 0 Å². The van der Waals surface area contributed by atoms with Gasteiger partial charge in [0.05, 0.1) is 0 Å². The van der Waals surface area contributed by atoms with E-state index in [0.29, 0.717) is 12.1 Å². The summed E-state index contributed by atoms with van der Waals surface area (Å²) >= 11 is 1.86. The molecule has 1 fully saturated rings. The molecule has 2 nitrogen and oxygen atoms in total. The molecule has 1 aliphatic rings. The maximum Gasteiger partial charge on any atom is 0.0410 e. The standard InChI is InChI=1S/C12H20N2S/c1-10(12-6-4-8-15-12)14(2)9-11-5-3-7-13-11/h4,6,8,10-11,13H,3,5,7,9H2,1-2H3/t10-,11+/m0/s1. The summed E-state index contributed by atoms with van der Waals surface area (Å²) in [6, 6.07) is 5.62. The predicted octanol–water partition coefficient (Wildman–Crippen LogP) is 2.49. The van der Waals surface area contributed by atoms with E-state index < -0.39 is 0 Å². The van der Waals surface area contributed by atoms with Gasteiger partial charge >= 0.3 is 0 Å². The van der Waals surface area contributed by atoms with E-state index in [1.807, 2.05) is 11.3 Å². The van der Waals surface area contributed by atoms with Gasteiger partial charge in [0.15, 0.2) is 0 Å². The SMILES string of the molecule is C[C@@H](c1cccs1)N(C)C[C@H]1CCCN1. The first kappa shape index (κ1) is 11.1. The normalized spacial score (nSPS) is 23.5. The second-order valence-electron chi connectivity index (χ2n) is 4.42. The number of likely N-dealkylation sites (N-methyl/N-ethyl adjacent to an activating group) is 1. The molecule has 1 saturated heterocycles. The summed E-state index contributed by atoms with van der Waals surface area (Å²) in [5.74, 6) is 0. The van der Waals surface area contributed by atoms with E-state index in [9.17, 15) is 0 Å². The van der Waals surface area contributed by atoms with Gasteiger partial charge < -0.3 is 5.32 Å². The summed E-state index contributed by atoms with van der Waals surface area (Å²) in [7, 11) is 2.23. The third-order valence-electron chi connectivity index (χ3n) is 3.29. The lowest BCUT2D eigenvalue weighted by Gasteiger charge is -2.26. The Labute approximate surface area is 96.3 Å². The number of nitrogens with zero attached hydrogens (tertiary/aromatic N) is 1. The van der Waals surface area contributed by atoms with Crippen LogP contribution < -0.4 is 5.32 Å². The zero-order valence-electron chi connectivity index (χ0n) is 9.57. The van der Waals surface area contributed by atoms with Gasteiger partial charge in [-0.3, -0.25) is 4.90 Å². The van der Waals surface area contributed by atoms with Crippen LogP contribution in [0.15, 0.2) is 17.5 Å². The van der Waals surface area contributed by atoms with Crippen molar-refractivity contribution >= 4 is 11.3 Å². The molecule has 0 spiro atoms. The molecule has 0 amide bonds. The zero-order chi connectivity index (χ0) is 10.7. The van der Waals surface area contributed by atoms with Gasteiger partial charge in [-0.15, -0.1) is 11.3 Å². The van der Waals surface area contributed by atoms with Gasteiger partial charge in [0.2, 0.25) is 0 Å². The highest BCUT2D eigenvalue weighted by Crippen LogP contribution is 2.23. The van der Waals surface area contributed by atoms with Gasteiger partial charge in [0.25, 0.3) is 0 Å². The molecule has 1 aromatic rings. The summed E-state index contributed by atoms with van der Waals surface area (Å²) in [4.78, 5) is 3.92. The van der Waals surface area contributed by atoms with Gasteiger partial charge in [0.1, 0.15) is 0 Å². The molecule has 0 bridgehead atoms. The molecule has 2 heterocycles. The molecule has 0 unspecified atom stereocenters. The average Bonchev–Trinajstić information content (AvgIpc) is 2.88. The van der Waals surface area contributed by atoms with Crippen molar-refractivity contribution in [3.63, 3.8) is 0 Å². The minimum atomic E-state index is 0.549. The minimum Gasteiger partial charge on any atom is -0.313 e. The Hall–Kier alpha value is -0.380. The van der Waals surface area contributed by atoms with Crippen LogP contribution in [0.5, 0.6) is 0 Å². The van der Waals surface area contributed by atoms with Crippen LogP contribution in [0, 0.1) is 0 Å². The Kier molecular flexibility index (Phi) is 3.78. The Bertz CT molecular complexity index is 278. The molecular formula is C12H20N2S. The topological polar surface area (TPSA) is 15.3 Å². The summed E-state index contributed by atoms with van der Waals surface area (Å²) in [5, 5.41) is 5.71. The number of hydrogen-bond donors (Lipinski definition) is 1. The zero-order valence-corrected chi connectivity index (χ0v) is 10.4. The molecule has 84 valence electrons. The lowest BCUT2D eigenvalue weighted by atomic mass is 10.2. The lowest BCUT2D eigenvalue weighted by molar-refractivity contribution is 0.241. The largest absolute Gasteiger partial charge is 0.313 e. The van der Waals surface area contributed by atoms with Crippen molar-refractivity contribution in [2.24, 2.45) is 0 Å². The van der Waals surface area contributed by atoms with Crippen molar-refractivity contribution < 1.29 is 0 Å². The number of nitrogens with one attached hydrogen (secondary N) is 1. The van der Waals surface area contributed by atoms with Crippen LogP contribution in [-0.4, -0.2) is 31.1 Å². The molecule has 15 heavy (non-hydrogen) atoms. The number of hydrogen-bond acceptors (Lipinski definition) is 3. The first-order valence-electron chi connectivity index (χ1n) is 5.74. The average molecular weight is 224 g/mol. The van der Waals surface area contributed by atoms with E-state index in [4.69, 9.17) is 0 Å². The van der Waals surface area contributed by atoms with E-state index in [0.717, 1.165) is 0 Å². The van der Waals surface area contributed by atoms with Gasteiger partial charge in [-0.1, -0.05) is 6.07 Å². The molecule has 1 aromatic heterocycles. The molecular weight excluding hydrogens is 204 g/mol. The van der Waals surface area contributed by atoms with Crippen LogP contribution in [0.1, 0.15) is 30.7 Å². The van der Waals surface area contributed by atoms with Crippen LogP contribution in [0.25, 0.3) is 0 Å². The first-order valence-corrected chi connectivity index (χ1v) is 6.62. The van der Waals surface area contributed by atoms with Crippen molar-refractivity contribution in [3.05, 3.63) is 22.4 Å². The molecule has 0 radical (unpaired) electrons. The molecule has 3 heteroatoms. The number of thiophene rings is 1. The predicted molar refractivity (Wildman–Crippen MR) is 66.4 cm³/mol. The first-order chi connectivity index (χ1) is 7.27. The lowest BCUT2D eigenvalue weighted by Crippen LogP contribution is -2.36. The van der Waals surface area contributed by atoms with Gasteiger partial charge in [0, 0.05) is 23.5 Å². The minimum absolute atomic E-state index is 0.549. The summed E-state index contributed by atoms with van der Waals surface area (Å²) in [6.07, 6.45) is 2.67. The van der Waals surface area contributed by atoms with Crippen molar-refractivity contribution in [3.8, 4) is 0 Å². The molecule has 2 atom stereocenters.